The number of nitrogens with zero attached hydrogens (tertiary/aromatic N) is 2. The van der Waals surface area contributed by atoms with Crippen LogP contribution < -0.4 is 5.32 Å². The van der Waals surface area contributed by atoms with E-state index in [9.17, 15) is 4.79 Å². The molecule has 0 atom stereocenters. The smallest absolute Gasteiger partial charge is 0.232 e. The second-order valence-electron chi connectivity index (χ2n) is 5.78. The highest BCUT2D eigenvalue weighted by Gasteiger charge is 2.12. The van der Waals surface area contributed by atoms with E-state index in [0.717, 1.165) is 26.5 Å². The van der Waals surface area contributed by atoms with Gasteiger partial charge in [0.2, 0.25) is 5.91 Å². The van der Waals surface area contributed by atoms with Crippen molar-refractivity contribution in [1.82, 2.24) is 9.97 Å². The van der Waals surface area contributed by atoms with Gasteiger partial charge in [0.1, 0.15) is 0 Å². The number of carbonyl (C=O) groups excluding carboxylic acids is 1. The lowest BCUT2D eigenvalue weighted by atomic mass is 10.1. The first-order valence-electron chi connectivity index (χ1n) is 8.13. The van der Waals surface area contributed by atoms with Crippen molar-refractivity contribution in [2.75, 3.05) is 5.32 Å². The third-order valence-electron chi connectivity index (χ3n) is 3.72. The molecule has 1 amide bonds. The van der Waals surface area contributed by atoms with Gasteiger partial charge in [0.05, 0.1) is 18.4 Å². The summed E-state index contributed by atoms with van der Waals surface area (Å²) in [7, 11) is 0. The van der Waals surface area contributed by atoms with Crippen LogP contribution >= 0.6 is 38.6 Å². The molecule has 0 bridgehead atoms. The number of furan rings is 1. The summed E-state index contributed by atoms with van der Waals surface area (Å²) in [4.78, 5) is 22.1. The Labute approximate surface area is 172 Å². The molecular weight excluding hydrogens is 446 g/mol. The Balaban J connectivity index is 1.34. The minimum atomic E-state index is -0.129. The van der Waals surface area contributed by atoms with Crippen molar-refractivity contribution in [1.29, 1.82) is 0 Å². The number of benzene rings is 1. The van der Waals surface area contributed by atoms with Gasteiger partial charge in [-0.2, -0.15) is 0 Å². The van der Waals surface area contributed by atoms with Crippen LogP contribution in [0.4, 0.5) is 5.13 Å². The van der Waals surface area contributed by atoms with Crippen molar-refractivity contribution in [3.8, 4) is 10.8 Å². The second-order valence-corrected chi connectivity index (χ2v) is 8.67. The fourth-order valence-electron chi connectivity index (χ4n) is 2.48. The molecular formula is C19H14BrN3O2S2. The summed E-state index contributed by atoms with van der Waals surface area (Å²) < 4.78 is 6.38. The van der Waals surface area contributed by atoms with E-state index in [4.69, 9.17) is 4.42 Å². The fourth-order valence-corrected chi connectivity index (χ4v) is 4.39. The fraction of sp³-hybridized carbons (Fsp3) is 0.105. The molecule has 1 aromatic carbocycles. The first kappa shape index (κ1) is 18.1. The number of hydrogen-bond acceptors (Lipinski definition) is 6. The van der Waals surface area contributed by atoms with E-state index in [2.05, 4.69) is 43.3 Å². The molecule has 0 aliphatic carbocycles. The number of aromatic nitrogens is 2. The van der Waals surface area contributed by atoms with Gasteiger partial charge >= 0.3 is 0 Å². The first-order valence-corrected chi connectivity index (χ1v) is 10.6. The molecule has 136 valence electrons. The number of anilines is 1. The average Bonchev–Trinajstić information content (AvgIpc) is 3.39. The zero-order valence-electron chi connectivity index (χ0n) is 14.0. The summed E-state index contributed by atoms with van der Waals surface area (Å²) in [6, 6.07) is 11.8. The second kappa shape index (κ2) is 8.16. The molecule has 4 rings (SSSR count). The highest BCUT2D eigenvalue weighted by Crippen LogP contribution is 2.25. The maximum absolute atomic E-state index is 12.3. The molecule has 0 saturated carbocycles. The van der Waals surface area contributed by atoms with Gasteiger partial charge in [-0.3, -0.25) is 4.79 Å². The van der Waals surface area contributed by atoms with Crippen LogP contribution in [0.1, 0.15) is 16.1 Å². The Bertz CT molecular complexity index is 1040. The van der Waals surface area contributed by atoms with Crippen LogP contribution in [0.2, 0.25) is 0 Å². The summed E-state index contributed by atoms with van der Waals surface area (Å²) in [6.45, 7) is 0. The minimum absolute atomic E-state index is 0.129. The van der Waals surface area contributed by atoms with Gasteiger partial charge in [-0.05, 0) is 29.8 Å². The van der Waals surface area contributed by atoms with E-state index < -0.39 is 0 Å². The molecule has 4 aromatic rings. The molecule has 0 aliphatic rings. The van der Waals surface area contributed by atoms with E-state index >= 15 is 0 Å². The maximum atomic E-state index is 12.3. The minimum Gasteiger partial charge on any atom is -0.462 e. The Morgan fingerprint density at radius 2 is 2.07 bits per heavy atom. The van der Waals surface area contributed by atoms with Crippen LogP contribution in [0.3, 0.4) is 0 Å². The van der Waals surface area contributed by atoms with E-state index in [0.29, 0.717) is 10.9 Å². The highest BCUT2D eigenvalue weighted by atomic mass is 79.9. The van der Waals surface area contributed by atoms with E-state index in [1.165, 1.54) is 28.2 Å². The molecule has 0 radical (unpaired) electrons. The van der Waals surface area contributed by atoms with Crippen molar-refractivity contribution in [3.05, 3.63) is 74.8 Å². The summed E-state index contributed by atoms with van der Waals surface area (Å²) in [6.07, 6.45) is 4.41. The Morgan fingerprint density at radius 3 is 2.85 bits per heavy atom. The Kier molecular flexibility index (Phi) is 5.47. The lowest BCUT2D eigenvalue weighted by Crippen LogP contribution is -2.14. The molecule has 0 aliphatic heterocycles. The third-order valence-corrected chi connectivity index (χ3v) is 6.06. The van der Waals surface area contributed by atoms with Gasteiger partial charge in [0.25, 0.3) is 0 Å². The molecule has 0 spiro atoms. The van der Waals surface area contributed by atoms with Crippen LogP contribution in [0, 0.1) is 0 Å². The number of nitrogens with one attached hydrogen (secondary N) is 1. The Morgan fingerprint density at radius 1 is 1.22 bits per heavy atom. The van der Waals surface area contributed by atoms with Crippen LogP contribution in [-0.2, 0) is 17.6 Å². The molecule has 3 heterocycles. The van der Waals surface area contributed by atoms with Crippen LogP contribution in [0.15, 0.2) is 63.1 Å². The predicted molar refractivity (Wildman–Crippen MR) is 111 cm³/mol. The lowest BCUT2D eigenvalue weighted by molar-refractivity contribution is -0.115. The van der Waals surface area contributed by atoms with E-state index in [1.54, 1.807) is 12.5 Å². The van der Waals surface area contributed by atoms with Gasteiger partial charge in [-0.25, -0.2) is 9.97 Å². The van der Waals surface area contributed by atoms with Crippen molar-refractivity contribution in [2.45, 2.75) is 12.8 Å². The van der Waals surface area contributed by atoms with Crippen LogP contribution in [-0.4, -0.2) is 15.9 Å². The summed E-state index contributed by atoms with van der Waals surface area (Å²) in [5.41, 5.74) is 1.92. The van der Waals surface area contributed by atoms with Crippen LogP contribution in [0.5, 0.6) is 0 Å². The molecule has 0 saturated heterocycles. The SMILES string of the molecule is O=C(Cc1csc(-c2ccco2)n1)Nc1ncc(Cc2ccc(Br)cc2)s1. The average molecular weight is 460 g/mol. The zero-order chi connectivity index (χ0) is 18.6. The number of halogens is 1. The molecule has 3 aromatic heterocycles. The third kappa shape index (κ3) is 4.71. The van der Waals surface area contributed by atoms with Gasteiger partial charge in [-0.15, -0.1) is 22.7 Å². The standard InChI is InChI=1S/C19H14BrN3O2S2/c20-13-5-3-12(4-6-13)8-15-10-21-19(27-15)23-17(24)9-14-11-26-18(22-14)16-2-1-7-25-16/h1-7,10-11H,8-9H2,(H,21,23,24). The van der Waals surface area contributed by atoms with Gasteiger partial charge in [0, 0.05) is 27.3 Å². The molecule has 5 nitrogen and oxygen atoms in total. The normalized spacial score (nSPS) is 10.9. The van der Waals surface area contributed by atoms with Crippen molar-refractivity contribution >= 4 is 49.6 Å². The van der Waals surface area contributed by atoms with Crippen LogP contribution in [0.25, 0.3) is 10.8 Å². The van der Waals surface area contributed by atoms with Gasteiger partial charge < -0.3 is 9.73 Å². The van der Waals surface area contributed by atoms with Gasteiger partial charge in [0.15, 0.2) is 15.9 Å². The van der Waals surface area contributed by atoms with Gasteiger partial charge in [-0.1, -0.05) is 28.1 Å². The molecule has 27 heavy (non-hydrogen) atoms. The highest BCUT2D eigenvalue weighted by molar-refractivity contribution is 9.10. The number of hydrogen-bond donors (Lipinski definition) is 1. The summed E-state index contributed by atoms with van der Waals surface area (Å²) in [5.74, 6) is 0.583. The molecule has 0 unspecified atom stereocenters. The molecule has 8 heteroatoms. The summed E-state index contributed by atoms with van der Waals surface area (Å²) >= 11 is 6.38. The molecule has 1 N–H and O–H groups in total. The predicted octanol–water partition coefficient (Wildman–Crippen LogP) is 5.39. The topological polar surface area (TPSA) is 68.0 Å². The Hall–Kier alpha value is -2.29. The number of rotatable bonds is 6. The maximum Gasteiger partial charge on any atom is 0.232 e. The first-order chi connectivity index (χ1) is 13.2. The summed E-state index contributed by atoms with van der Waals surface area (Å²) in [5, 5.41) is 6.10. The van der Waals surface area contributed by atoms with E-state index in [1.807, 2.05) is 29.6 Å². The number of amides is 1. The zero-order valence-corrected chi connectivity index (χ0v) is 17.2. The van der Waals surface area contributed by atoms with Crippen molar-refractivity contribution in [2.24, 2.45) is 0 Å². The quantitative estimate of drug-likeness (QED) is 0.419. The van der Waals surface area contributed by atoms with Crippen molar-refractivity contribution in [3.63, 3.8) is 0 Å². The lowest BCUT2D eigenvalue weighted by Gasteiger charge is -2.00. The largest absolute Gasteiger partial charge is 0.462 e. The number of carbonyl (C=O) groups is 1. The monoisotopic (exact) mass is 459 g/mol. The number of thiazole rings is 2. The molecule has 0 fully saturated rings. The van der Waals surface area contributed by atoms with E-state index in [-0.39, 0.29) is 12.3 Å². The van der Waals surface area contributed by atoms with Crippen molar-refractivity contribution < 1.29 is 9.21 Å².